The molecule has 0 aromatic heterocycles. The lowest BCUT2D eigenvalue weighted by Crippen LogP contribution is -2.24. The van der Waals surface area contributed by atoms with Crippen molar-refractivity contribution in [3.05, 3.63) is 33.9 Å². The van der Waals surface area contributed by atoms with Gasteiger partial charge in [-0.1, -0.05) is 0 Å². The van der Waals surface area contributed by atoms with Crippen molar-refractivity contribution in [2.45, 2.75) is 19.4 Å². The number of carbonyl (C=O) groups excluding carboxylic acids is 1. The van der Waals surface area contributed by atoms with Crippen LogP contribution < -0.4 is 4.90 Å². The summed E-state index contributed by atoms with van der Waals surface area (Å²) in [6.07, 6.45) is 1.10. The lowest BCUT2D eigenvalue weighted by molar-refractivity contribution is -0.384. The van der Waals surface area contributed by atoms with Crippen molar-refractivity contribution in [3.8, 4) is 0 Å². The quantitative estimate of drug-likeness (QED) is 0.507. The fourth-order valence-electron chi connectivity index (χ4n) is 2.44. The molecule has 0 amide bonds. The molecule has 19 heavy (non-hydrogen) atoms. The predicted octanol–water partition coefficient (Wildman–Crippen LogP) is 1.61. The normalized spacial score (nSPS) is 20.3. The number of carbonyl (C=O) groups is 1. The van der Waals surface area contributed by atoms with E-state index in [0.29, 0.717) is 24.1 Å². The summed E-state index contributed by atoms with van der Waals surface area (Å²) in [4.78, 5) is 23.2. The number of aliphatic hydroxyl groups excluding tert-OH is 1. The van der Waals surface area contributed by atoms with Crippen molar-refractivity contribution in [2.75, 3.05) is 18.0 Å². The number of nitro groups is 1. The summed E-state index contributed by atoms with van der Waals surface area (Å²) >= 11 is 0. The molecule has 6 nitrogen and oxygen atoms in total. The summed E-state index contributed by atoms with van der Waals surface area (Å²) in [5.41, 5.74) is 0.932. The molecular weight excluding hydrogens is 248 g/mol. The van der Waals surface area contributed by atoms with E-state index in [2.05, 4.69) is 0 Å². The highest BCUT2D eigenvalue weighted by atomic mass is 16.6. The van der Waals surface area contributed by atoms with E-state index in [-0.39, 0.29) is 17.7 Å². The van der Waals surface area contributed by atoms with E-state index in [1.165, 1.54) is 12.1 Å². The Morgan fingerprint density at radius 1 is 1.58 bits per heavy atom. The third kappa shape index (κ3) is 2.73. The molecule has 1 saturated heterocycles. The second kappa shape index (κ2) is 5.36. The van der Waals surface area contributed by atoms with Crippen LogP contribution in [0.3, 0.4) is 0 Å². The minimum absolute atomic E-state index is 0.0860. The number of hydrogen-bond acceptors (Lipinski definition) is 5. The largest absolute Gasteiger partial charge is 0.393 e. The Labute approximate surface area is 110 Å². The molecule has 1 fully saturated rings. The van der Waals surface area contributed by atoms with Crippen molar-refractivity contribution in [3.63, 3.8) is 0 Å². The first-order valence-corrected chi connectivity index (χ1v) is 6.19. The molecule has 0 saturated carbocycles. The topological polar surface area (TPSA) is 83.7 Å². The lowest BCUT2D eigenvalue weighted by atomic mass is 10.0. The zero-order chi connectivity index (χ0) is 14.0. The number of nitrogens with zero attached hydrogens (tertiary/aromatic N) is 2. The fourth-order valence-corrected chi connectivity index (χ4v) is 2.44. The maximum absolute atomic E-state index is 11.1. The van der Waals surface area contributed by atoms with Crippen LogP contribution in [-0.2, 0) is 0 Å². The van der Waals surface area contributed by atoms with Crippen molar-refractivity contribution >= 4 is 17.7 Å². The highest BCUT2D eigenvalue weighted by molar-refractivity contribution is 5.86. The molecule has 0 bridgehead atoms. The first-order valence-electron chi connectivity index (χ1n) is 6.19. The van der Waals surface area contributed by atoms with Crippen LogP contribution in [0.4, 0.5) is 11.4 Å². The number of rotatable bonds is 4. The molecule has 1 aromatic carbocycles. The molecule has 1 heterocycles. The average molecular weight is 264 g/mol. The van der Waals surface area contributed by atoms with E-state index in [4.69, 9.17) is 0 Å². The molecule has 1 aliphatic heterocycles. The van der Waals surface area contributed by atoms with Gasteiger partial charge in [-0.15, -0.1) is 0 Å². The maximum Gasteiger partial charge on any atom is 0.270 e. The third-order valence-electron chi connectivity index (χ3n) is 3.60. The van der Waals surface area contributed by atoms with Crippen molar-refractivity contribution in [2.24, 2.45) is 5.92 Å². The summed E-state index contributed by atoms with van der Waals surface area (Å²) in [6, 6.07) is 4.29. The minimum atomic E-state index is -0.515. The Kier molecular flexibility index (Phi) is 3.80. The summed E-state index contributed by atoms with van der Waals surface area (Å²) in [5.74, 6) is 0.176. The summed E-state index contributed by atoms with van der Waals surface area (Å²) in [6.45, 7) is 3.16. The molecule has 0 aliphatic carbocycles. The average Bonchev–Trinajstić information content (AvgIpc) is 2.87. The Morgan fingerprint density at radius 3 is 2.84 bits per heavy atom. The molecule has 1 N–H and O–H groups in total. The van der Waals surface area contributed by atoms with Gasteiger partial charge >= 0.3 is 0 Å². The number of anilines is 1. The highest BCUT2D eigenvalue weighted by Gasteiger charge is 2.27. The monoisotopic (exact) mass is 264 g/mol. The lowest BCUT2D eigenvalue weighted by Gasteiger charge is -2.21. The van der Waals surface area contributed by atoms with Gasteiger partial charge in [0.2, 0.25) is 0 Å². The molecule has 2 atom stereocenters. The SMILES string of the molecule is CC(O)C1CCN(c2ccc([N+](=O)[O-])cc2C=O)C1. The van der Waals surface area contributed by atoms with Crippen LogP contribution in [-0.4, -0.2) is 35.5 Å². The number of benzene rings is 1. The number of non-ortho nitro benzene ring substituents is 1. The maximum atomic E-state index is 11.1. The van der Waals surface area contributed by atoms with Gasteiger partial charge < -0.3 is 10.0 Å². The van der Waals surface area contributed by atoms with Gasteiger partial charge in [0.05, 0.1) is 11.0 Å². The van der Waals surface area contributed by atoms with Crippen LogP contribution in [0.15, 0.2) is 18.2 Å². The van der Waals surface area contributed by atoms with Gasteiger partial charge in [0.1, 0.15) is 0 Å². The Balaban J connectivity index is 2.26. The van der Waals surface area contributed by atoms with Gasteiger partial charge in [0.25, 0.3) is 5.69 Å². The van der Waals surface area contributed by atoms with E-state index >= 15 is 0 Å². The Hall–Kier alpha value is -1.95. The minimum Gasteiger partial charge on any atom is -0.393 e. The van der Waals surface area contributed by atoms with Crippen molar-refractivity contribution < 1.29 is 14.8 Å². The number of aliphatic hydroxyl groups is 1. The van der Waals surface area contributed by atoms with E-state index in [1.54, 1.807) is 13.0 Å². The first kappa shape index (κ1) is 13.5. The standard InChI is InChI=1S/C13H16N2O4/c1-9(17)10-4-5-14(7-10)13-3-2-12(15(18)19)6-11(13)8-16/h2-3,6,8-10,17H,4-5,7H2,1H3. The second-order valence-electron chi connectivity index (χ2n) is 4.85. The van der Waals surface area contributed by atoms with Gasteiger partial charge in [-0.25, -0.2) is 0 Å². The van der Waals surface area contributed by atoms with Gasteiger partial charge in [-0.3, -0.25) is 14.9 Å². The number of nitro benzene ring substituents is 1. The molecule has 1 aliphatic rings. The van der Waals surface area contributed by atoms with Crippen molar-refractivity contribution in [1.82, 2.24) is 0 Å². The summed E-state index contributed by atoms with van der Waals surface area (Å²) in [7, 11) is 0. The fraction of sp³-hybridized carbons (Fsp3) is 0.462. The van der Waals surface area contributed by atoms with Crippen LogP contribution in [0.25, 0.3) is 0 Å². The van der Waals surface area contributed by atoms with Crippen LogP contribution in [0.5, 0.6) is 0 Å². The summed E-state index contributed by atoms with van der Waals surface area (Å²) in [5, 5.41) is 20.3. The van der Waals surface area contributed by atoms with Crippen molar-refractivity contribution in [1.29, 1.82) is 0 Å². The van der Waals surface area contributed by atoms with Crippen LogP contribution >= 0.6 is 0 Å². The zero-order valence-corrected chi connectivity index (χ0v) is 10.7. The molecule has 6 heteroatoms. The van der Waals surface area contributed by atoms with Gasteiger partial charge in [0.15, 0.2) is 6.29 Å². The Morgan fingerprint density at radius 2 is 2.32 bits per heavy atom. The van der Waals surface area contributed by atoms with Gasteiger partial charge in [0, 0.05) is 42.4 Å². The van der Waals surface area contributed by atoms with Crippen LogP contribution in [0.1, 0.15) is 23.7 Å². The molecule has 2 rings (SSSR count). The molecule has 102 valence electrons. The highest BCUT2D eigenvalue weighted by Crippen LogP contribution is 2.30. The van der Waals surface area contributed by atoms with Gasteiger partial charge in [-0.05, 0) is 19.4 Å². The zero-order valence-electron chi connectivity index (χ0n) is 10.7. The second-order valence-corrected chi connectivity index (χ2v) is 4.85. The van der Waals surface area contributed by atoms with Crippen LogP contribution in [0.2, 0.25) is 0 Å². The summed E-state index contributed by atoms with van der Waals surface area (Å²) < 4.78 is 0. The van der Waals surface area contributed by atoms with E-state index in [9.17, 15) is 20.0 Å². The predicted molar refractivity (Wildman–Crippen MR) is 70.5 cm³/mol. The van der Waals surface area contributed by atoms with E-state index in [0.717, 1.165) is 13.0 Å². The number of aldehydes is 1. The number of hydrogen-bond donors (Lipinski definition) is 1. The molecule has 0 radical (unpaired) electrons. The van der Waals surface area contributed by atoms with Crippen LogP contribution in [0, 0.1) is 16.0 Å². The first-order chi connectivity index (χ1) is 9.02. The smallest absolute Gasteiger partial charge is 0.270 e. The molecular formula is C13H16N2O4. The Bertz CT molecular complexity index is 501. The van der Waals surface area contributed by atoms with Gasteiger partial charge in [-0.2, -0.15) is 0 Å². The van der Waals surface area contributed by atoms with E-state index in [1.807, 2.05) is 4.90 Å². The van der Waals surface area contributed by atoms with E-state index < -0.39 is 4.92 Å². The third-order valence-corrected chi connectivity index (χ3v) is 3.60. The molecule has 1 aromatic rings. The molecule has 0 spiro atoms. The molecule has 2 unspecified atom stereocenters.